The SMILES string of the molecule is CCC(C)C(C(=O)N1CCCC1C(=O)O[C@@H](CC(C)C[C@H](O)[C@@H](C)C(=O)N(C)Cc1ccc(C(=O)NC(C)Cc2ccc(OC)cc2)cc1)C(C)(C)C)N(C)C(=O)C(C)N(C)C=O. The second-order valence-electron chi connectivity index (χ2n) is 19.0. The molecule has 1 aliphatic heterocycles. The highest BCUT2D eigenvalue weighted by Gasteiger charge is 2.44. The number of aliphatic hydroxyl groups is 1. The highest BCUT2D eigenvalue weighted by atomic mass is 16.5. The molecular formula is C49H75N5O9. The summed E-state index contributed by atoms with van der Waals surface area (Å²) in [4.78, 5) is 85.2. The van der Waals surface area contributed by atoms with Gasteiger partial charge in [0.1, 0.15) is 30.0 Å². The van der Waals surface area contributed by atoms with Crippen LogP contribution in [0.3, 0.4) is 0 Å². The van der Waals surface area contributed by atoms with E-state index >= 15 is 0 Å². The minimum atomic E-state index is -0.952. The average molecular weight is 878 g/mol. The van der Waals surface area contributed by atoms with Crippen molar-refractivity contribution in [3.8, 4) is 5.75 Å². The summed E-state index contributed by atoms with van der Waals surface area (Å²) in [6.45, 7) is 17.7. The fourth-order valence-electron chi connectivity index (χ4n) is 8.13. The second-order valence-corrected chi connectivity index (χ2v) is 19.0. The van der Waals surface area contributed by atoms with Gasteiger partial charge in [0.15, 0.2) is 0 Å². The van der Waals surface area contributed by atoms with E-state index in [-0.39, 0.29) is 41.5 Å². The molecule has 14 nitrogen and oxygen atoms in total. The van der Waals surface area contributed by atoms with Crippen molar-refractivity contribution in [2.24, 2.45) is 23.2 Å². The fourth-order valence-corrected chi connectivity index (χ4v) is 8.13. The van der Waals surface area contributed by atoms with Crippen LogP contribution in [0, 0.1) is 23.2 Å². The quantitative estimate of drug-likeness (QED) is 0.111. The van der Waals surface area contributed by atoms with E-state index in [1.165, 1.54) is 16.8 Å². The number of amides is 5. The van der Waals surface area contributed by atoms with Crippen LogP contribution in [0.2, 0.25) is 0 Å². The Balaban J connectivity index is 1.58. The van der Waals surface area contributed by atoms with Gasteiger partial charge in [0.2, 0.25) is 24.1 Å². The Labute approximate surface area is 376 Å². The first-order valence-corrected chi connectivity index (χ1v) is 22.4. The monoisotopic (exact) mass is 878 g/mol. The Morgan fingerprint density at radius 1 is 0.905 bits per heavy atom. The normalized spacial score (nSPS) is 17.8. The number of hydrogen-bond acceptors (Lipinski definition) is 9. The summed E-state index contributed by atoms with van der Waals surface area (Å²) in [5.41, 5.74) is 1.97. The number of methoxy groups -OCH3 is 1. The standard InChI is InChI=1S/C49H75N5O9/c1-14-32(3)43(53(12)46(59)35(6)52(11)30-55)47(60)54-25-15-16-40(54)48(61)63-42(49(7,8)9)27-31(2)26-41(56)34(5)45(58)51(10)29-37-17-21-38(22-18-37)44(57)50-33(4)28-36-19-23-39(62-13)24-20-36/h17-24,30-35,40-43,56H,14-16,25-29H2,1-13H3,(H,50,57)/t31?,32?,33?,34-,35?,40?,41+,42+,43?/m1/s1. The summed E-state index contributed by atoms with van der Waals surface area (Å²) in [7, 11) is 6.40. The minimum absolute atomic E-state index is 0.0891. The molecule has 3 rings (SSSR count). The maximum Gasteiger partial charge on any atom is 0.329 e. The summed E-state index contributed by atoms with van der Waals surface area (Å²) in [5.74, 6) is -1.85. The van der Waals surface area contributed by atoms with Crippen LogP contribution in [0.25, 0.3) is 0 Å². The van der Waals surface area contributed by atoms with Crippen molar-refractivity contribution < 1.29 is 43.3 Å². The molecule has 9 atom stereocenters. The fraction of sp³-hybridized carbons (Fsp3) is 0.633. The number of benzene rings is 2. The van der Waals surface area contributed by atoms with E-state index in [0.29, 0.717) is 63.6 Å². The first-order valence-electron chi connectivity index (χ1n) is 22.4. The highest BCUT2D eigenvalue weighted by molar-refractivity contribution is 5.94. The summed E-state index contributed by atoms with van der Waals surface area (Å²) in [6.07, 6.45) is 2.14. The van der Waals surface area contributed by atoms with E-state index in [1.54, 1.807) is 57.0 Å². The van der Waals surface area contributed by atoms with Crippen LogP contribution < -0.4 is 10.1 Å². The molecule has 63 heavy (non-hydrogen) atoms. The van der Waals surface area contributed by atoms with Crippen molar-refractivity contribution in [3.05, 3.63) is 65.2 Å². The van der Waals surface area contributed by atoms with Crippen molar-refractivity contribution in [3.63, 3.8) is 0 Å². The smallest absolute Gasteiger partial charge is 0.329 e. The van der Waals surface area contributed by atoms with Gasteiger partial charge in [0.05, 0.1) is 19.1 Å². The molecule has 2 aromatic carbocycles. The number of carbonyl (C=O) groups is 6. The third-order valence-electron chi connectivity index (χ3n) is 12.7. The predicted molar refractivity (Wildman–Crippen MR) is 243 cm³/mol. The zero-order valence-electron chi connectivity index (χ0n) is 40.1. The Morgan fingerprint density at radius 3 is 2.06 bits per heavy atom. The largest absolute Gasteiger partial charge is 0.497 e. The van der Waals surface area contributed by atoms with Crippen LogP contribution in [-0.2, 0) is 41.7 Å². The van der Waals surface area contributed by atoms with E-state index < -0.39 is 47.6 Å². The van der Waals surface area contributed by atoms with Gasteiger partial charge in [-0.15, -0.1) is 0 Å². The summed E-state index contributed by atoms with van der Waals surface area (Å²) in [6, 6.07) is 12.4. The maximum absolute atomic E-state index is 14.2. The topological polar surface area (TPSA) is 166 Å². The molecule has 350 valence electrons. The molecule has 1 saturated heterocycles. The highest BCUT2D eigenvalue weighted by Crippen LogP contribution is 2.33. The number of carbonyl (C=O) groups excluding carboxylic acids is 6. The first kappa shape index (κ1) is 52.4. The molecule has 6 unspecified atom stereocenters. The van der Waals surface area contributed by atoms with Gasteiger partial charge in [0.25, 0.3) is 5.91 Å². The van der Waals surface area contributed by atoms with Crippen molar-refractivity contribution in [1.29, 1.82) is 0 Å². The molecule has 5 amide bonds. The Morgan fingerprint density at radius 2 is 1.51 bits per heavy atom. The van der Waals surface area contributed by atoms with Crippen molar-refractivity contribution >= 4 is 36.0 Å². The lowest BCUT2D eigenvalue weighted by Gasteiger charge is -2.38. The van der Waals surface area contributed by atoms with Crippen molar-refractivity contribution in [1.82, 2.24) is 24.9 Å². The third-order valence-corrected chi connectivity index (χ3v) is 12.7. The van der Waals surface area contributed by atoms with Gasteiger partial charge in [-0.2, -0.15) is 0 Å². The van der Waals surface area contributed by atoms with Gasteiger partial charge in [0, 0.05) is 45.8 Å². The molecule has 0 saturated carbocycles. The van der Waals surface area contributed by atoms with E-state index in [1.807, 2.05) is 84.9 Å². The number of rotatable bonds is 22. The molecule has 2 aromatic rings. The van der Waals surface area contributed by atoms with Gasteiger partial charge in [-0.1, -0.05) is 79.2 Å². The second kappa shape index (κ2) is 23.6. The van der Waals surface area contributed by atoms with E-state index in [2.05, 4.69) is 5.32 Å². The van der Waals surface area contributed by atoms with E-state index in [9.17, 15) is 33.9 Å². The number of aliphatic hydroxyl groups excluding tert-OH is 1. The van der Waals surface area contributed by atoms with Gasteiger partial charge < -0.3 is 39.5 Å². The number of hydrogen-bond donors (Lipinski definition) is 2. The first-order chi connectivity index (χ1) is 29.5. The van der Waals surface area contributed by atoms with Gasteiger partial charge in [-0.3, -0.25) is 24.0 Å². The number of esters is 1. The Kier molecular flexibility index (Phi) is 19.6. The lowest BCUT2D eigenvalue weighted by atomic mass is 9.81. The van der Waals surface area contributed by atoms with Crippen LogP contribution in [-0.4, -0.2) is 132 Å². The molecule has 0 bridgehead atoms. The molecular weight excluding hydrogens is 803 g/mol. The molecule has 1 heterocycles. The van der Waals surface area contributed by atoms with Crippen LogP contribution >= 0.6 is 0 Å². The number of nitrogens with one attached hydrogen (secondary N) is 1. The molecule has 1 fully saturated rings. The van der Waals surface area contributed by atoms with Crippen molar-refractivity contribution in [2.45, 2.75) is 144 Å². The van der Waals surface area contributed by atoms with Gasteiger partial charge >= 0.3 is 5.97 Å². The third kappa shape index (κ3) is 14.5. The Hall–Kier alpha value is -4.98. The lowest BCUT2D eigenvalue weighted by Crippen LogP contribution is -2.57. The number of likely N-dealkylation sites (N-methyl/N-ethyl adjacent to an activating group) is 2. The number of ether oxygens (including phenoxy) is 2. The lowest BCUT2D eigenvalue weighted by molar-refractivity contribution is -0.166. The number of likely N-dealkylation sites (tertiary alicyclic amines) is 1. The average Bonchev–Trinajstić information content (AvgIpc) is 3.75. The summed E-state index contributed by atoms with van der Waals surface area (Å²) >= 11 is 0. The number of nitrogens with zero attached hydrogens (tertiary/aromatic N) is 4. The molecule has 0 spiro atoms. The van der Waals surface area contributed by atoms with E-state index in [4.69, 9.17) is 9.47 Å². The van der Waals surface area contributed by atoms with Gasteiger partial charge in [-0.25, -0.2) is 4.79 Å². The van der Waals surface area contributed by atoms with Crippen LogP contribution in [0.5, 0.6) is 5.75 Å². The maximum atomic E-state index is 14.2. The predicted octanol–water partition coefficient (Wildman–Crippen LogP) is 5.73. The molecule has 1 aliphatic rings. The van der Waals surface area contributed by atoms with Crippen LogP contribution in [0.1, 0.15) is 116 Å². The molecule has 2 N–H and O–H groups in total. The van der Waals surface area contributed by atoms with E-state index in [0.717, 1.165) is 16.9 Å². The molecule has 0 aromatic heterocycles. The molecule has 0 radical (unpaired) electrons. The zero-order chi connectivity index (χ0) is 47.3. The summed E-state index contributed by atoms with van der Waals surface area (Å²) in [5, 5.41) is 14.4. The van der Waals surface area contributed by atoms with Crippen molar-refractivity contribution in [2.75, 3.05) is 34.8 Å². The molecule has 14 heteroatoms. The molecule has 0 aliphatic carbocycles. The Bertz CT molecular complexity index is 1830. The minimum Gasteiger partial charge on any atom is -0.497 e. The summed E-state index contributed by atoms with van der Waals surface area (Å²) < 4.78 is 11.5. The van der Waals surface area contributed by atoms with Crippen LogP contribution in [0.4, 0.5) is 0 Å². The van der Waals surface area contributed by atoms with Crippen LogP contribution in [0.15, 0.2) is 48.5 Å². The van der Waals surface area contributed by atoms with Gasteiger partial charge in [-0.05, 0) is 98.6 Å². The zero-order valence-corrected chi connectivity index (χ0v) is 40.1.